The van der Waals surface area contributed by atoms with E-state index in [1.807, 2.05) is 72.0 Å². The van der Waals surface area contributed by atoms with Gasteiger partial charge in [-0.25, -0.2) is 15.0 Å². The highest BCUT2D eigenvalue weighted by Crippen LogP contribution is 2.51. The highest BCUT2D eigenvalue weighted by Gasteiger charge is 2.35. The van der Waals surface area contributed by atoms with E-state index in [4.69, 9.17) is 15.0 Å². The minimum absolute atomic E-state index is 0.0486. The molecule has 2 aromatic heterocycles. The van der Waals surface area contributed by atoms with Crippen LogP contribution in [0.25, 0.3) is 87.7 Å². The van der Waals surface area contributed by atoms with E-state index in [2.05, 4.69) is 117 Å². The molecule has 2 heterocycles. The second kappa shape index (κ2) is 11.9. The van der Waals surface area contributed by atoms with Crippen LogP contribution >= 0.6 is 11.3 Å². The van der Waals surface area contributed by atoms with Crippen LogP contribution in [0.3, 0.4) is 0 Å². The van der Waals surface area contributed by atoms with E-state index < -0.39 is 0 Å². The van der Waals surface area contributed by atoms with Crippen LogP contribution in [0, 0.1) is 0 Å². The molecule has 0 amide bonds. The molecule has 0 saturated carbocycles. The van der Waals surface area contributed by atoms with E-state index in [1.165, 1.54) is 59.1 Å². The Morgan fingerprint density at radius 2 is 0.942 bits per heavy atom. The van der Waals surface area contributed by atoms with Crippen molar-refractivity contribution in [3.63, 3.8) is 0 Å². The van der Waals surface area contributed by atoms with Gasteiger partial charge in [-0.05, 0) is 62.7 Å². The molecule has 4 heteroatoms. The van der Waals surface area contributed by atoms with Crippen molar-refractivity contribution < 1.29 is 0 Å². The molecule has 0 N–H and O–H groups in total. The first-order valence-corrected chi connectivity index (χ1v) is 18.5. The highest BCUT2D eigenvalue weighted by molar-refractivity contribution is 7.26. The molecule has 9 aromatic rings. The van der Waals surface area contributed by atoms with Gasteiger partial charge in [0.15, 0.2) is 17.5 Å². The summed E-state index contributed by atoms with van der Waals surface area (Å²) in [7, 11) is 0. The largest absolute Gasteiger partial charge is 0.208 e. The molecular weight excluding hydrogens is 651 g/mol. The first-order chi connectivity index (χ1) is 25.5. The molecule has 0 fully saturated rings. The van der Waals surface area contributed by atoms with Crippen LogP contribution in [0.4, 0.5) is 0 Å². The average molecular weight is 684 g/mol. The highest BCUT2D eigenvalue weighted by atomic mass is 32.1. The molecule has 7 aromatic carbocycles. The van der Waals surface area contributed by atoms with Gasteiger partial charge in [0.05, 0.1) is 0 Å². The lowest BCUT2D eigenvalue weighted by Crippen LogP contribution is -2.14. The Kier molecular flexibility index (Phi) is 7.02. The Morgan fingerprint density at radius 1 is 0.404 bits per heavy atom. The van der Waals surface area contributed by atoms with Gasteiger partial charge in [0, 0.05) is 42.3 Å². The monoisotopic (exact) mass is 683 g/mol. The standard InChI is InChI=1S/C48H33N3S/c1-48(2)40-24-10-9-20-37(40)38-27-26-33(29-41(38)48)35-21-13-25-42-43(35)39-23-12-22-36(44(39)52-42)32-18-11-19-34(28-32)47-50-45(30-14-5-3-6-15-30)49-46(51-47)31-16-7-4-8-17-31/h3-29H,1-2H3. The van der Waals surface area contributed by atoms with Crippen molar-refractivity contribution in [2.75, 3.05) is 0 Å². The molecule has 0 spiro atoms. The van der Waals surface area contributed by atoms with Crippen LogP contribution in [0.15, 0.2) is 164 Å². The predicted molar refractivity (Wildman–Crippen MR) is 217 cm³/mol. The summed E-state index contributed by atoms with van der Waals surface area (Å²) in [4.78, 5) is 14.9. The minimum atomic E-state index is -0.0486. The molecule has 10 rings (SSSR count). The van der Waals surface area contributed by atoms with Gasteiger partial charge in [0.25, 0.3) is 0 Å². The maximum atomic E-state index is 5.00. The number of hydrogen-bond donors (Lipinski definition) is 0. The number of benzene rings is 7. The van der Waals surface area contributed by atoms with E-state index in [9.17, 15) is 0 Å². The summed E-state index contributed by atoms with van der Waals surface area (Å²) < 4.78 is 2.57. The number of nitrogens with zero attached hydrogens (tertiary/aromatic N) is 3. The van der Waals surface area contributed by atoms with Crippen molar-refractivity contribution in [1.29, 1.82) is 0 Å². The van der Waals surface area contributed by atoms with Gasteiger partial charge in [0.1, 0.15) is 0 Å². The van der Waals surface area contributed by atoms with E-state index in [0.29, 0.717) is 17.5 Å². The SMILES string of the molecule is CC1(C)c2ccccc2-c2ccc(-c3cccc4sc5c(-c6cccc(-c7nc(-c8ccccc8)nc(-c8ccccc8)n7)c6)cccc5c34)cc21. The van der Waals surface area contributed by atoms with Crippen LogP contribution in [-0.4, -0.2) is 15.0 Å². The van der Waals surface area contributed by atoms with Gasteiger partial charge in [-0.1, -0.05) is 159 Å². The van der Waals surface area contributed by atoms with Crippen LogP contribution in [0.2, 0.25) is 0 Å². The third-order valence-electron chi connectivity index (χ3n) is 10.5. The van der Waals surface area contributed by atoms with E-state index in [0.717, 1.165) is 22.3 Å². The fourth-order valence-corrected chi connectivity index (χ4v) is 9.22. The summed E-state index contributed by atoms with van der Waals surface area (Å²) in [5.41, 5.74) is 13.2. The van der Waals surface area contributed by atoms with Crippen LogP contribution < -0.4 is 0 Å². The Balaban J connectivity index is 1.10. The number of aromatic nitrogens is 3. The summed E-state index contributed by atoms with van der Waals surface area (Å²) in [6, 6.07) is 58.3. The maximum absolute atomic E-state index is 5.00. The molecule has 246 valence electrons. The maximum Gasteiger partial charge on any atom is 0.164 e. The third kappa shape index (κ3) is 4.90. The molecule has 0 bridgehead atoms. The van der Waals surface area contributed by atoms with E-state index in [1.54, 1.807) is 0 Å². The van der Waals surface area contributed by atoms with Gasteiger partial charge in [0.2, 0.25) is 0 Å². The smallest absolute Gasteiger partial charge is 0.164 e. The van der Waals surface area contributed by atoms with Crippen LogP contribution in [0.1, 0.15) is 25.0 Å². The molecular formula is C48H33N3S. The van der Waals surface area contributed by atoms with E-state index in [-0.39, 0.29) is 5.41 Å². The fourth-order valence-electron chi connectivity index (χ4n) is 7.95. The lowest BCUT2D eigenvalue weighted by molar-refractivity contribution is 0.660. The Hall–Kier alpha value is -6.23. The zero-order chi connectivity index (χ0) is 34.8. The molecule has 0 saturated heterocycles. The number of hydrogen-bond acceptors (Lipinski definition) is 4. The normalized spacial score (nSPS) is 13.0. The summed E-state index contributed by atoms with van der Waals surface area (Å²) in [5.74, 6) is 1.97. The van der Waals surface area contributed by atoms with Gasteiger partial charge >= 0.3 is 0 Å². The topological polar surface area (TPSA) is 38.7 Å². The van der Waals surface area contributed by atoms with Crippen molar-refractivity contribution in [3.8, 4) is 67.5 Å². The lowest BCUT2D eigenvalue weighted by atomic mass is 9.81. The average Bonchev–Trinajstić information content (AvgIpc) is 3.70. The van der Waals surface area contributed by atoms with Crippen molar-refractivity contribution in [3.05, 3.63) is 175 Å². The van der Waals surface area contributed by atoms with Crippen LogP contribution in [0.5, 0.6) is 0 Å². The van der Waals surface area contributed by atoms with E-state index >= 15 is 0 Å². The Morgan fingerprint density at radius 3 is 1.69 bits per heavy atom. The quantitative estimate of drug-likeness (QED) is 0.181. The molecule has 52 heavy (non-hydrogen) atoms. The minimum Gasteiger partial charge on any atom is -0.208 e. The molecule has 0 radical (unpaired) electrons. The molecule has 3 nitrogen and oxygen atoms in total. The molecule has 0 aliphatic heterocycles. The van der Waals surface area contributed by atoms with Gasteiger partial charge in [-0.3, -0.25) is 0 Å². The zero-order valence-electron chi connectivity index (χ0n) is 28.8. The van der Waals surface area contributed by atoms with Gasteiger partial charge in [-0.2, -0.15) is 0 Å². The number of rotatable bonds is 5. The predicted octanol–water partition coefficient (Wildman–Crippen LogP) is 12.9. The molecule has 1 aliphatic rings. The lowest BCUT2D eigenvalue weighted by Gasteiger charge is -2.22. The summed E-state index contributed by atoms with van der Waals surface area (Å²) in [5, 5.41) is 2.59. The summed E-state index contributed by atoms with van der Waals surface area (Å²) in [6.07, 6.45) is 0. The van der Waals surface area contributed by atoms with Gasteiger partial charge < -0.3 is 0 Å². The first kappa shape index (κ1) is 30.6. The second-order valence-electron chi connectivity index (χ2n) is 14.0. The third-order valence-corrected chi connectivity index (χ3v) is 11.8. The molecule has 0 atom stereocenters. The Bertz CT molecular complexity index is 2760. The number of thiophene rings is 1. The fraction of sp³-hybridized carbons (Fsp3) is 0.0625. The summed E-state index contributed by atoms with van der Waals surface area (Å²) >= 11 is 1.87. The molecule has 1 aliphatic carbocycles. The Labute approximate surface area is 307 Å². The number of fused-ring (bicyclic) bond motifs is 6. The summed E-state index contributed by atoms with van der Waals surface area (Å²) in [6.45, 7) is 4.70. The molecule has 0 unspecified atom stereocenters. The first-order valence-electron chi connectivity index (χ1n) is 17.7. The second-order valence-corrected chi connectivity index (χ2v) is 15.1. The van der Waals surface area contributed by atoms with Crippen LogP contribution in [-0.2, 0) is 5.41 Å². The zero-order valence-corrected chi connectivity index (χ0v) is 29.7. The van der Waals surface area contributed by atoms with Crippen molar-refractivity contribution in [2.45, 2.75) is 19.3 Å². The van der Waals surface area contributed by atoms with Crippen molar-refractivity contribution >= 4 is 31.5 Å². The van der Waals surface area contributed by atoms with Crippen molar-refractivity contribution in [2.24, 2.45) is 0 Å². The van der Waals surface area contributed by atoms with Crippen molar-refractivity contribution in [1.82, 2.24) is 15.0 Å². The van der Waals surface area contributed by atoms with Gasteiger partial charge in [-0.15, -0.1) is 11.3 Å².